The van der Waals surface area contributed by atoms with Crippen molar-refractivity contribution in [2.75, 3.05) is 26.8 Å². The highest BCUT2D eigenvalue weighted by Gasteiger charge is 2.17. The SMILES string of the molecule is COC(C)(C)CCN(CCO)Cc1ccccc1. The van der Waals surface area contributed by atoms with Gasteiger partial charge in [0.15, 0.2) is 0 Å². The standard InChI is InChI=1S/C15H25NO2/c1-15(2,18-3)9-10-16(11-12-17)13-14-7-5-4-6-8-14/h4-8,17H,9-13H2,1-3H3. The number of ether oxygens (including phenoxy) is 1. The van der Waals surface area contributed by atoms with E-state index >= 15 is 0 Å². The van der Waals surface area contributed by atoms with E-state index in [2.05, 4.69) is 30.9 Å². The Morgan fingerprint density at radius 1 is 1.17 bits per heavy atom. The zero-order valence-electron chi connectivity index (χ0n) is 11.7. The van der Waals surface area contributed by atoms with Gasteiger partial charge < -0.3 is 9.84 Å². The Labute approximate surface area is 110 Å². The van der Waals surface area contributed by atoms with Crippen molar-refractivity contribution in [3.63, 3.8) is 0 Å². The van der Waals surface area contributed by atoms with Crippen molar-refractivity contribution in [1.29, 1.82) is 0 Å². The molecule has 0 aliphatic heterocycles. The minimum atomic E-state index is -0.107. The summed E-state index contributed by atoms with van der Waals surface area (Å²) in [5, 5.41) is 9.13. The molecule has 0 heterocycles. The van der Waals surface area contributed by atoms with Crippen LogP contribution in [0.4, 0.5) is 0 Å². The molecule has 18 heavy (non-hydrogen) atoms. The van der Waals surface area contributed by atoms with E-state index in [1.807, 2.05) is 18.2 Å². The van der Waals surface area contributed by atoms with E-state index in [-0.39, 0.29) is 12.2 Å². The quantitative estimate of drug-likeness (QED) is 0.769. The summed E-state index contributed by atoms with van der Waals surface area (Å²) in [6.07, 6.45) is 0.955. The van der Waals surface area contributed by atoms with Gasteiger partial charge in [-0.1, -0.05) is 30.3 Å². The van der Waals surface area contributed by atoms with Gasteiger partial charge in [-0.3, -0.25) is 4.90 Å². The molecule has 1 N–H and O–H groups in total. The van der Waals surface area contributed by atoms with Gasteiger partial charge in [0, 0.05) is 26.7 Å². The topological polar surface area (TPSA) is 32.7 Å². The van der Waals surface area contributed by atoms with Crippen molar-refractivity contribution < 1.29 is 9.84 Å². The lowest BCUT2D eigenvalue weighted by molar-refractivity contribution is 0.00561. The molecule has 1 aromatic rings. The molecule has 102 valence electrons. The molecule has 1 rings (SSSR count). The molecule has 0 amide bonds. The summed E-state index contributed by atoms with van der Waals surface area (Å²) in [7, 11) is 1.74. The average Bonchev–Trinajstić information content (AvgIpc) is 2.38. The van der Waals surface area contributed by atoms with Crippen LogP contribution >= 0.6 is 0 Å². The van der Waals surface area contributed by atoms with Crippen LogP contribution in [-0.2, 0) is 11.3 Å². The normalized spacial score (nSPS) is 12.1. The minimum absolute atomic E-state index is 0.107. The molecule has 0 saturated heterocycles. The fraction of sp³-hybridized carbons (Fsp3) is 0.600. The molecule has 0 aromatic heterocycles. The monoisotopic (exact) mass is 251 g/mol. The van der Waals surface area contributed by atoms with Gasteiger partial charge in [0.2, 0.25) is 0 Å². The molecule has 0 atom stereocenters. The van der Waals surface area contributed by atoms with Crippen molar-refractivity contribution in [3.8, 4) is 0 Å². The summed E-state index contributed by atoms with van der Waals surface area (Å²) in [6, 6.07) is 10.3. The largest absolute Gasteiger partial charge is 0.395 e. The van der Waals surface area contributed by atoms with Crippen LogP contribution < -0.4 is 0 Å². The number of hydrogen-bond acceptors (Lipinski definition) is 3. The first-order valence-corrected chi connectivity index (χ1v) is 6.50. The smallest absolute Gasteiger partial charge is 0.0634 e. The molecule has 0 spiro atoms. The molecular weight excluding hydrogens is 226 g/mol. The highest BCUT2D eigenvalue weighted by molar-refractivity contribution is 5.14. The number of aliphatic hydroxyl groups is 1. The van der Waals surface area contributed by atoms with Crippen LogP contribution in [0, 0.1) is 0 Å². The minimum Gasteiger partial charge on any atom is -0.395 e. The molecule has 0 fully saturated rings. The lowest BCUT2D eigenvalue weighted by atomic mass is 10.0. The Balaban J connectivity index is 2.50. The van der Waals surface area contributed by atoms with Gasteiger partial charge in [-0.15, -0.1) is 0 Å². The van der Waals surface area contributed by atoms with E-state index < -0.39 is 0 Å². The first-order valence-electron chi connectivity index (χ1n) is 6.50. The summed E-state index contributed by atoms with van der Waals surface area (Å²) in [5.74, 6) is 0. The fourth-order valence-corrected chi connectivity index (χ4v) is 1.78. The number of nitrogens with zero attached hydrogens (tertiary/aromatic N) is 1. The van der Waals surface area contributed by atoms with Gasteiger partial charge in [-0.05, 0) is 25.8 Å². The first kappa shape index (κ1) is 15.2. The average molecular weight is 251 g/mol. The second kappa shape index (κ2) is 7.52. The van der Waals surface area contributed by atoms with Gasteiger partial charge in [0.05, 0.1) is 12.2 Å². The molecule has 1 aromatic carbocycles. The first-order chi connectivity index (χ1) is 8.57. The van der Waals surface area contributed by atoms with Crippen LogP contribution in [-0.4, -0.2) is 42.4 Å². The lowest BCUT2D eigenvalue weighted by Gasteiger charge is -2.28. The van der Waals surface area contributed by atoms with Crippen LogP contribution in [0.15, 0.2) is 30.3 Å². The summed E-state index contributed by atoms with van der Waals surface area (Å²) < 4.78 is 5.43. The number of methoxy groups -OCH3 is 1. The Morgan fingerprint density at radius 2 is 1.83 bits per heavy atom. The van der Waals surface area contributed by atoms with E-state index in [4.69, 9.17) is 9.84 Å². The van der Waals surface area contributed by atoms with E-state index in [9.17, 15) is 0 Å². The molecule has 0 aliphatic carbocycles. The molecule has 0 saturated carbocycles. The lowest BCUT2D eigenvalue weighted by Crippen LogP contribution is -2.33. The Kier molecular flexibility index (Phi) is 6.33. The van der Waals surface area contributed by atoms with Gasteiger partial charge in [-0.25, -0.2) is 0 Å². The highest BCUT2D eigenvalue weighted by atomic mass is 16.5. The molecule has 3 heteroatoms. The third kappa shape index (κ3) is 5.63. The molecular formula is C15H25NO2. The predicted octanol–water partition coefficient (Wildman–Crippen LogP) is 2.30. The van der Waals surface area contributed by atoms with Crippen molar-refractivity contribution in [2.24, 2.45) is 0 Å². The summed E-state index contributed by atoms with van der Waals surface area (Å²) in [6.45, 7) is 6.88. The van der Waals surface area contributed by atoms with E-state index in [0.717, 1.165) is 19.5 Å². The molecule has 0 unspecified atom stereocenters. The van der Waals surface area contributed by atoms with Gasteiger partial charge >= 0.3 is 0 Å². The Hall–Kier alpha value is -0.900. The molecule has 0 aliphatic rings. The van der Waals surface area contributed by atoms with Crippen molar-refractivity contribution in [1.82, 2.24) is 4.90 Å². The van der Waals surface area contributed by atoms with Gasteiger partial charge in [-0.2, -0.15) is 0 Å². The zero-order chi connectivity index (χ0) is 13.4. The summed E-state index contributed by atoms with van der Waals surface area (Å²) in [4.78, 5) is 2.26. The fourth-order valence-electron chi connectivity index (χ4n) is 1.78. The Morgan fingerprint density at radius 3 is 2.39 bits per heavy atom. The zero-order valence-corrected chi connectivity index (χ0v) is 11.7. The van der Waals surface area contributed by atoms with E-state index in [0.29, 0.717) is 6.54 Å². The maximum absolute atomic E-state index is 9.13. The van der Waals surface area contributed by atoms with Crippen molar-refractivity contribution >= 4 is 0 Å². The third-order valence-corrected chi connectivity index (χ3v) is 3.25. The number of aliphatic hydroxyl groups excluding tert-OH is 1. The molecule has 0 radical (unpaired) electrons. The second-order valence-corrected chi connectivity index (χ2v) is 5.20. The number of benzene rings is 1. The number of hydrogen-bond donors (Lipinski definition) is 1. The van der Waals surface area contributed by atoms with Gasteiger partial charge in [0.25, 0.3) is 0 Å². The Bertz CT molecular complexity index is 325. The van der Waals surface area contributed by atoms with E-state index in [1.54, 1.807) is 7.11 Å². The maximum atomic E-state index is 9.13. The number of rotatable bonds is 8. The summed E-state index contributed by atoms with van der Waals surface area (Å²) >= 11 is 0. The van der Waals surface area contributed by atoms with Crippen LogP contribution in [0.25, 0.3) is 0 Å². The van der Waals surface area contributed by atoms with Crippen LogP contribution in [0.1, 0.15) is 25.8 Å². The van der Waals surface area contributed by atoms with Gasteiger partial charge in [0.1, 0.15) is 0 Å². The van der Waals surface area contributed by atoms with Crippen LogP contribution in [0.3, 0.4) is 0 Å². The summed E-state index contributed by atoms with van der Waals surface area (Å²) in [5.41, 5.74) is 1.17. The van der Waals surface area contributed by atoms with Crippen molar-refractivity contribution in [2.45, 2.75) is 32.4 Å². The van der Waals surface area contributed by atoms with Crippen molar-refractivity contribution in [3.05, 3.63) is 35.9 Å². The molecule has 0 bridgehead atoms. The second-order valence-electron chi connectivity index (χ2n) is 5.20. The van der Waals surface area contributed by atoms with Crippen LogP contribution in [0.2, 0.25) is 0 Å². The predicted molar refractivity (Wildman–Crippen MR) is 74.5 cm³/mol. The maximum Gasteiger partial charge on any atom is 0.0634 e. The van der Waals surface area contributed by atoms with E-state index in [1.165, 1.54) is 5.56 Å². The third-order valence-electron chi connectivity index (χ3n) is 3.25. The van der Waals surface area contributed by atoms with Crippen LogP contribution in [0.5, 0.6) is 0 Å². The highest BCUT2D eigenvalue weighted by Crippen LogP contribution is 2.14. The molecule has 3 nitrogen and oxygen atoms in total.